The fraction of sp³-hybridized carbons (Fsp3) is 0.0476. The van der Waals surface area contributed by atoms with E-state index in [0.29, 0.717) is 0 Å². The van der Waals surface area contributed by atoms with Crippen molar-refractivity contribution in [1.82, 2.24) is 0 Å². The highest BCUT2D eigenvalue weighted by Crippen LogP contribution is 2.54. The van der Waals surface area contributed by atoms with Gasteiger partial charge >= 0.3 is 0 Å². The first-order valence-corrected chi connectivity index (χ1v) is 22.8. The van der Waals surface area contributed by atoms with E-state index in [1.165, 1.54) is 33.4 Å². The second-order valence-electron chi connectivity index (χ2n) is 17.4. The van der Waals surface area contributed by atoms with Gasteiger partial charge in [-0.3, -0.25) is 0 Å². The predicted molar refractivity (Wildman–Crippen MR) is 279 cm³/mol. The number of hydrogen-bond acceptors (Lipinski definition) is 3. The van der Waals surface area contributed by atoms with E-state index in [4.69, 9.17) is 0 Å². The molecule has 0 heterocycles. The average molecular weight is 848 g/mol. The molecule has 66 heavy (non-hydrogen) atoms. The van der Waals surface area contributed by atoms with Crippen LogP contribution in [0.15, 0.2) is 261 Å². The van der Waals surface area contributed by atoms with Gasteiger partial charge < -0.3 is 14.7 Å². The maximum Gasteiger partial charge on any atom is 0.0488 e. The maximum absolute atomic E-state index is 2.45. The summed E-state index contributed by atoms with van der Waals surface area (Å²) in [5.74, 6) is 0. The second-order valence-corrected chi connectivity index (χ2v) is 17.4. The first-order chi connectivity index (χ1) is 32.5. The Bertz CT molecular complexity index is 3180. The van der Waals surface area contributed by atoms with Crippen LogP contribution in [0.1, 0.15) is 25.0 Å². The van der Waals surface area contributed by atoms with Crippen LogP contribution in [-0.4, -0.2) is 0 Å². The van der Waals surface area contributed by atoms with Crippen molar-refractivity contribution in [3.05, 3.63) is 272 Å². The van der Waals surface area contributed by atoms with Gasteiger partial charge in [-0.15, -0.1) is 0 Å². The van der Waals surface area contributed by atoms with Gasteiger partial charge in [0.15, 0.2) is 0 Å². The molecule has 11 rings (SSSR count). The molecule has 1 aliphatic rings. The molecular weight excluding hydrogens is 799 g/mol. The molecule has 0 fully saturated rings. The van der Waals surface area contributed by atoms with Crippen molar-refractivity contribution >= 4 is 51.2 Å². The molecule has 10 aromatic rings. The molecule has 0 saturated carbocycles. The highest BCUT2D eigenvalue weighted by Gasteiger charge is 2.38. The average Bonchev–Trinajstić information content (AvgIpc) is 3.61. The number of fused-ring (bicyclic) bond motifs is 3. The molecule has 0 atom stereocenters. The Morgan fingerprint density at radius 1 is 0.242 bits per heavy atom. The number of para-hydroxylation sites is 4. The van der Waals surface area contributed by atoms with Crippen molar-refractivity contribution in [2.24, 2.45) is 0 Å². The molecule has 0 radical (unpaired) electrons. The van der Waals surface area contributed by atoms with Gasteiger partial charge in [0, 0.05) is 56.6 Å². The Kier molecular flexibility index (Phi) is 10.6. The van der Waals surface area contributed by atoms with E-state index in [0.717, 1.165) is 62.3 Å². The number of hydrogen-bond donors (Lipinski definition) is 0. The first-order valence-electron chi connectivity index (χ1n) is 22.8. The Balaban J connectivity index is 1.16. The molecule has 0 aromatic heterocycles. The summed E-state index contributed by atoms with van der Waals surface area (Å²) in [7, 11) is 0. The van der Waals surface area contributed by atoms with Gasteiger partial charge in [0.25, 0.3) is 0 Å². The molecular formula is C63H49N3. The van der Waals surface area contributed by atoms with Gasteiger partial charge in [-0.25, -0.2) is 0 Å². The zero-order valence-electron chi connectivity index (χ0n) is 37.2. The maximum atomic E-state index is 2.45. The van der Waals surface area contributed by atoms with E-state index < -0.39 is 0 Å². The summed E-state index contributed by atoms with van der Waals surface area (Å²) in [6.45, 7) is 4.76. The zero-order valence-corrected chi connectivity index (χ0v) is 37.2. The molecule has 0 aliphatic heterocycles. The van der Waals surface area contributed by atoms with Gasteiger partial charge in [-0.2, -0.15) is 0 Å². The molecule has 0 N–H and O–H groups in total. The predicted octanol–water partition coefficient (Wildman–Crippen LogP) is 17.7. The third-order valence-corrected chi connectivity index (χ3v) is 12.9. The summed E-state index contributed by atoms with van der Waals surface area (Å²) in [5, 5.41) is 0. The quantitative estimate of drug-likeness (QED) is 0.128. The molecule has 1 aliphatic carbocycles. The normalized spacial score (nSPS) is 12.2. The van der Waals surface area contributed by atoms with E-state index in [9.17, 15) is 0 Å². The Hall–Kier alpha value is -8.40. The SMILES string of the molecule is CC1(C)c2ccc(N(c3cccc(N(c4ccccc4)c4ccccc4)c3)c3cc(-c4ccccc4)cc(N(c4ccccc4)c4ccccc4)c3)cc2-c2cccc(-c3ccccc3)c21. The van der Waals surface area contributed by atoms with Gasteiger partial charge in [-0.1, -0.05) is 178 Å². The Morgan fingerprint density at radius 2 is 0.606 bits per heavy atom. The molecule has 0 unspecified atom stereocenters. The number of nitrogens with zero attached hydrogens (tertiary/aromatic N) is 3. The molecule has 0 spiro atoms. The Labute approximate surface area is 388 Å². The van der Waals surface area contributed by atoms with Crippen LogP contribution >= 0.6 is 0 Å². The van der Waals surface area contributed by atoms with Crippen molar-refractivity contribution in [3.63, 3.8) is 0 Å². The minimum atomic E-state index is -0.210. The molecule has 0 bridgehead atoms. The van der Waals surface area contributed by atoms with Crippen LogP contribution in [0.4, 0.5) is 51.2 Å². The summed E-state index contributed by atoms with van der Waals surface area (Å²) in [6.07, 6.45) is 0. The van der Waals surface area contributed by atoms with Crippen LogP contribution in [0, 0.1) is 0 Å². The van der Waals surface area contributed by atoms with Crippen molar-refractivity contribution < 1.29 is 0 Å². The number of benzene rings is 10. The summed E-state index contributed by atoms with van der Waals surface area (Å²) < 4.78 is 0. The topological polar surface area (TPSA) is 9.72 Å². The lowest BCUT2D eigenvalue weighted by Gasteiger charge is -2.32. The van der Waals surface area contributed by atoms with Crippen LogP contribution in [0.2, 0.25) is 0 Å². The standard InChI is InChI=1S/C63H49N3/c1-63(2)61-40-39-55(45-60(61)59-38-22-37-58(62(59)63)47-25-11-4-12-26-47)66(54-36-21-35-53(43-54)64(49-27-13-5-14-28-49)50-29-15-6-16-30-50)57-42-48(46-23-9-3-10-24-46)41-56(44-57)65(51-31-17-7-18-32-51)52-33-19-8-20-34-52/h3-45H,1-2H3. The molecule has 0 saturated heterocycles. The third kappa shape index (κ3) is 7.51. The zero-order chi connectivity index (χ0) is 44.5. The van der Waals surface area contributed by atoms with Crippen LogP contribution in [0.25, 0.3) is 33.4 Å². The van der Waals surface area contributed by atoms with E-state index in [-0.39, 0.29) is 5.41 Å². The highest BCUT2D eigenvalue weighted by atomic mass is 15.2. The molecule has 10 aromatic carbocycles. The van der Waals surface area contributed by atoms with E-state index >= 15 is 0 Å². The molecule has 3 nitrogen and oxygen atoms in total. The van der Waals surface area contributed by atoms with Crippen molar-refractivity contribution in [2.75, 3.05) is 14.7 Å². The van der Waals surface area contributed by atoms with E-state index in [1.54, 1.807) is 0 Å². The number of anilines is 9. The van der Waals surface area contributed by atoms with Crippen molar-refractivity contribution in [3.8, 4) is 33.4 Å². The largest absolute Gasteiger partial charge is 0.310 e. The van der Waals surface area contributed by atoms with E-state index in [2.05, 4.69) is 289 Å². The lowest BCUT2D eigenvalue weighted by Crippen LogP contribution is -2.17. The Morgan fingerprint density at radius 3 is 1.11 bits per heavy atom. The van der Waals surface area contributed by atoms with E-state index in [1.807, 2.05) is 0 Å². The first kappa shape index (κ1) is 40.4. The summed E-state index contributed by atoms with van der Waals surface area (Å²) in [6, 6.07) is 94.2. The van der Waals surface area contributed by atoms with Crippen LogP contribution in [0.5, 0.6) is 0 Å². The van der Waals surface area contributed by atoms with Crippen LogP contribution < -0.4 is 14.7 Å². The number of rotatable bonds is 11. The molecule has 3 heteroatoms. The van der Waals surface area contributed by atoms with Crippen LogP contribution in [-0.2, 0) is 5.41 Å². The van der Waals surface area contributed by atoms with Gasteiger partial charge in [-0.05, 0) is 142 Å². The van der Waals surface area contributed by atoms with Crippen molar-refractivity contribution in [1.29, 1.82) is 0 Å². The minimum absolute atomic E-state index is 0.210. The molecule has 316 valence electrons. The lowest BCUT2D eigenvalue weighted by molar-refractivity contribution is 0.662. The smallest absolute Gasteiger partial charge is 0.0488 e. The monoisotopic (exact) mass is 847 g/mol. The fourth-order valence-corrected chi connectivity index (χ4v) is 9.95. The van der Waals surface area contributed by atoms with Gasteiger partial charge in [0.1, 0.15) is 0 Å². The van der Waals surface area contributed by atoms with Gasteiger partial charge in [0.05, 0.1) is 0 Å². The summed E-state index contributed by atoms with van der Waals surface area (Å²) in [5.41, 5.74) is 19.4. The lowest BCUT2D eigenvalue weighted by atomic mass is 9.79. The third-order valence-electron chi connectivity index (χ3n) is 12.9. The highest BCUT2D eigenvalue weighted by molar-refractivity contribution is 5.93. The van der Waals surface area contributed by atoms with Crippen LogP contribution in [0.3, 0.4) is 0 Å². The minimum Gasteiger partial charge on any atom is -0.310 e. The van der Waals surface area contributed by atoms with Crippen molar-refractivity contribution in [2.45, 2.75) is 19.3 Å². The fourth-order valence-electron chi connectivity index (χ4n) is 9.95. The molecule has 0 amide bonds. The summed E-state index contributed by atoms with van der Waals surface area (Å²) in [4.78, 5) is 7.16. The van der Waals surface area contributed by atoms with Gasteiger partial charge in [0.2, 0.25) is 0 Å². The summed E-state index contributed by atoms with van der Waals surface area (Å²) >= 11 is 0. The second kappa shape index (κ2) is 17.3.